The second-order valence-electron chi connectivity index (χ2n) is 3.28. The minimum absolute atomic E-state index is 0.0981. The van der Waals surface area contributed by atoms with Crippen molar-refractivity contribution in [1.82, 2.24) is 5.32 Å². The Morgan fingerprint density at radius 3 is 2.56 bits per heavy atom. The molecule has 100 valence electrons. The summed E-state index contributed by atoms with van der Waals surface area (Å²) >= 11 is 1.92. The van der Waals surface area contributed by atoms with E-state index in [0.717, 1.165) is 0 Å². The summed E-state index contributed by atoms with van der Waals surface area (Å²) in [5.41, 5.74) is 0.0981. The van der Waals surface area contributed by atoms with Gasteiger partial charge in [-0.05, 0) is 40.8 Å². The van der Waals surface area contributed by atoms with Crippen LogP contribution in [-0.4, -0.2) is 30.7 Å². The van der Waals surface area contributed by atoms with Crippen LogP contribution in [-0.2, 0) is 10.1 Å². The minimum atomic E-state index is -5.79. The molecule has 18 heavy (non-hydrogen) atoms. The molecule has 0 heterocycles. The van der Waals surface area contributed by atoms with Gasteiger partial charge in [0.15, 0.2) is 10.1 Å². The number of benzene rings is 1. The largest absolute Gasteiger partial charge is 0.743 e. The number of hydrogen-bond acceptors (Lipinski definition) is 4. The third-order valence-corrected chi connectivity index (χ3v) is 3.45. The van der Waals surface area contributed by atoms with E-state index in [-0.39, 0.29) is 5.56 Å². The van der Waals surface area contributed by atoms with Crippen LogP contribution < -0.4 is 5.32 Å². The van der Waals surface area contributed by atoms with E-state index in [1.54, 1.807) is 17.4 Å². The van der Waals surface area contributed by atoms with Gasteiger partial charge >= 0.3 is 5.25 Å². The molecule has 0 aliphatic heterocycles. The molecule has 1 N–H and O–H groups in total. The molecular weight excluding hydrogens is 383 g/mol. The zero-order chi connectivity index (χ0) is 14.0. The first-order valence-electron chi connectivity index (χ1n) is 4.50. The molecule has 1 amide bonds. The average molecular weight is 390 g/mol. The quantitative estimate of drug-likeness (QED) is 0.618. The Morgan fingerprint density at radius 2 is 2.06 bits per heavy atom. The van der Waals surface area contributed by atoms with Crippen molar-refractivity contribution in [1.29, 1.82) is 0 Å². The van der Waals surface area contributed by atoms with Gasteiger partial charge in [-0.25, -0.2) is 8.42 Å². The van der Waals surface area contributed by atoms with E-state index in [9.17, 15) is 26.5 Å². The molecule has 0 atom stereocenters. The molecule has 0 fully saturated rings. The Bertz CT molecular complexity index is 561. The van der Waals surface area contributed by atoms with Gasteiger partial charge in [-0.15, -0.1) is 0 Å². The number of carbonyl (C=O) groups is 1. The molecule has 0 aliphatic rings. The van der Waals surface area contributed by atoms with E-state index < -0.39 is 27.8 Å². The number of nitrogens with one attached hydrogen (secondary N) is 1. The second-order valence-corrected chi connectivity index (χ2v) is 6.04. The maximum absolute atomic E-state index is 12.8. The van der Waals surface area contributed by atoms with Crippen molar-refractivity contribution in [3.8, 4) is 0 Å². The lowest BCUT2D eigenvalue weighted by atomic mass is 10.2. The summed E-state index contributed by atoms with van der Waals surface area (Å²) in [6, 6.07) is 6.04. The lowest BCUT2D eigenvalue weighted by molar-refractivity contribution is 0.0692. The topological polar surface area (TPSA) is 86.3 Å². The van der Waals surface area contributed by atoms with Gasteiger partial charge in [-0.2, -0.15) is 8.78 Å². The Hall–Kier alpha value is -0.810. The van der Waals surface area contributed by atoms with Crippen LogP contribution in [0.4, 0.5) is 8.78 Å². The van der Waals surface area contributed by atoms with Crippen LogP contribution in [0.15, 0.2) is 24.3 Å². The number of carbonyl (C=O) groups excluding carboxylic acids is 1. The number of rotatable bonds is 4. The molecule has 1 rings (SSSR count). The van der Waals surface area contributed by atoms with Crippen LogP contribution in [0.1, 0.15) is 10.4 Å². The highest BCUT2D eigenvalue weighted by atomic mass is 127. The zero-order valence-corrected chi connectivity index (χ0v) is 11.7. The Morgan fingerprint density at radius 1 is 1.44 bits per heavy atom. The molecule has 0 unspecified atom stereocenters. The fourth-order valence-corrected chi connectivity index (χ4v) is 1.80. The smallest absolute Gasteiger partial charge is 0.351 e. The SMILES string of the molecule is O=C(NCC(F)(F)S(=O)(=O)[O-])c1cccc(I)c1. The average Bonchev–Trinajstić information content (AvgIpc) is 2.24. The van der Waals surface area contributed by atoms with Gasteiger partial charge in [0.25, 0.3) is 5.91 Å². The van der Waals surface area contributed by atoms with Crippen molar-refractivity contribution < 1.29 is 26.5 Å². The summed E-state index contributed by atoms with van der Waals surface area (Å²) in [6.07, 6.45) is 0. The monoisotopic (exact) mass is 390 g/mol. The van der Waals surface area contributed by atoms with Crippen molar-refractivity contribution in [3.05, 3.63) is 33.4 Å². The normalized spacial score (nSPS) is 12.2. The van der Waals surface area contributed by atoms with Crippen molar-refractivity contribution in [2.75, 3.05) is 6.54 Å². The van der Waals surface area contributed by atoms with E-state index in [0.29, 0.717) is 3.57 Å². The summed E-state index contributed by atoms with van der Waals surface area (Å²) in [5.74, 6) is -0.878. The van der Waals surface area contributed by atoms with Gasteiger partial charge in [0.05, 0.1) is 6.54 Å². The van der Waals surface area contributed by atoms with Crippen LogP contribution in [0, 0.1) is 3.57 Å². The molecule has 0 aliphatic carbocycles. The van der Waals surface area contributed by atoms with Crippen LogP contribution in [0.3, 0.4) is 0 Å². The minimum Gasteiger partial charge on any atom is -0.743 e. The van der Waals surface area contributed by atoms with Gasteiger partial charge in [-0.1, -0.05) is 6.07 Å². The predicted molar refractivity (Wildman–Crippen MR) is 66.1 cm³/mol. The third kappa shape index (κ3) is 3.85. The van der Waals surface area contributed by atoms with Gasteiger partial charge in [0.1, 0.15) is 0 Å². The van der Waals surface area contributed by atoms with E-state index in [1.807, 2.05) is 22.6 Å². The lowest BCUT2D eigenvalue weighted by Gasteiger charge is -2.20. The molecule has 0 saturated carbocycles. The standard InChI is InChI=1S/C9H8F2INO4S/c10-9(11,18(15,16)17)5-13-8(14)6-2-1-3-7(12)4-6/h1-4H,5H2,(H,13,14)(H,15,16,17)/p-1. The molecule has 1 aromatic rings. The molecule has 0 radical (unpaired) electrons. The van der Waals surface area contributed by atoms with Gasteiger partial charge in [-0.3, -0.25) is 4.79 Å². The van der Waals surface area contributed by atoms with E-state index in [1.165, 1.54) is 12.1 Å². The first-order chi connectivity index (χ1) is 8.13. The van der Waals surface area contributed by atoms with E-state index in [2.05, 4.69) is 0 Å². The summed E-state index contributed by atoms with van der Waals surface area (Å²) in [5, 5.41) is -2.82. The molecule has 0 bridgehead atoms. The summed E-state index contributed by atoms with van der Waals surface area (Å²) < 4.78 is 56.8. The van der Waals surface area contributed by atoms with Crippen LogP contribution in [0.5, 0.6) is 0 Å². The zero-order valence-electron chi connectivity index (χ0n) is 8.69. The molecular formula is C9H7F2INO4S-. The number of hydrogen-bond donors (Lipinski definition) is 1. The molecule has 0 saturated heterocycles. The Labute approximate surface area is 115 Å². The molecule has 9 heteroatoms. The first-order valence-corrected chi connectivity index (χ1v) is 6.99. The van der Waals surface area contributed by atoms with Crippen molar-refractivity contribution >= 4 is 38.6 Å². The highest BCUT2D eigenvalue weighted by Crippen LogP contribution is 2.19. The Kier molecular flexibility index (Phi) is 4.61. The van der Waals surface area contributed by atoms with Crippen molar-refractivity contribution in [2.45, 2.75) is 5.25 Å². The number of amides is 1. The van der Waals surface area contributed by atoms with Crippen LogP contribution in [0.2, 0.25) is 0 Å². The molecule has 0 aromatic heterocycles. The predicted octanol–water partition coefficient (Wildman–Crippen LogP) is 1.16. The van der Waals surface area contributed by atoms with Crippen molar-refractivity contribution in [2.24, 2.45) is 0 Å². The van der Waals surface area contributed by atoms with E-state index in [4.69, 9.17) is 0 Å². The fraction of sp³-hybridized carbons (Fsp3) is 0.222. The molecule has 1 aromatic carbocycles. The first kappa shape index (κ1) is 15.2. The van der Waals surface area contributed by atoms with E-state index >= 15 is 0 Å². The lowest BCUT2D eigenvalue weighted by Crippen LogP contribution is -2.42. The highest BCUT2D eigenvalue weighted by molar-refractivity contribution is 14.1. The number of alkyl halides is 2. The van der Waals surface area contributed by atoms with Crippen LogP contribution >= 0.6 is 22.6 Å². The summed E-state index contributed by atoms with van der Waals surface area (Å²) in [4.78, 5) is 11.4. The van der Waals surface area contributed by atoms with Gasteiger partial charge < -0.3 is 9.87 Å². The molecule has 5 nitrogen and oxygen atoms in total. The third-order valence-electron chi connectivity index (χ3n) is 1.91. The maximum Gasteiger partial charge on any atom is 0.351 e. The van der Waals surface area contributed by atoms with Crippen LogP contribution in [0.25, 0.3) is 0 Å². The van der Waals surface area contributed by atoms with Gasteiger partial charge in [0, 0.05) is 9.13 Å². The fourth-order valence-electron chi connectivity index (χ4n) is 1.00. The van der Waals surface area contributed by atoms with Gasteiger partial charge in [0.2, 0.25) is 0 Å². The highest BCUT2D eigenvalue weighted by Gasteiger charge is 2.37. The Balaban J connectivity index is 2.74. The summed E-state index contributed by atoms with van der Waals surface area (Å²) in [7, 11) is -5.79. The second kappa shape index (κ2) is 5.45. The van der Waals surface area contributed by atoms with Crippen molar-refractivity contribution in [3.63, 3.8) is 0 Å². The molecule has 0 spiro atoms. The maximum atomic E-state index is 12.8. The summed E-state index contributed by atoms with van der Waals surface area (Å²) in [6.45, 7) is -1.55. The number of halogens is 3.